The summed E-state index contributed by atoms with van der Waals surface area (Å²) >= 11 is 0. The highest BCUT2D eigenvalue weighted by Crippen LogP contribution is 2.08. The van der Waals surface area contributed by atoms with E-state index in [2.05, 4.69) is 14.9 Å². The second kappa shape index (κ2) is 6.60. The normalized spacial score (nSPS) is 17.7. The Bertz CT molecular complexity index is 414. The zero-order valence-corrected chi connectivity index (χ0v) is 10.8. The summed E-state index contributed by atoms with van der Waals surface area (Å²) in [7, 11) is 0. The summed E-state index contributed by atoms with van der Waals surface area (Å²) in [4.78, 5) is 14.6. The van der Waals surface area contributed by atoms with E-state index in [4.69, 9.17) is 5.11 Å². The summed E-state index contributed by atoms with van der Waals surface area (Å²) in [6, 6.07) is 0. The number of nitrogens with zero attached hydrogens (tertiary/aromatic N) is 5. The lowest BCUT2D eigenvalue weighted by atomic mass is 10.3. The van der Waals surface area contributed by atoms with Gasteiger partial charge in [0.2, 0.25) is 0 Å². The molecule has 19 heavy (non-hydrogen) atoms. The molecule has 1 aromatic heterocycles. The van der Waals surface area contributed by atoms with Gasteiger partial charge < -0.3 is 5.11 Å². The first-order valence-corrected chi connectivity index (χ1v) is 6.41. The Balaban J connectivity index is 1.72. The molecule has 0 amide bonds. The first kappa shape index (κ1) is 13.9. The van der Waals surface area contributed by atoms with Crippen molar-refractivity contribution < 1.29 is 10.0 Å². The van der Waals surface area contributed by atoms with Gasteiger partial charge >= 0.3 is 5.69 Å². The highest BCUT2D eigenvalue weighted by Gasteiger charge is 2.16. The molecule has 0 bridgehead atoms. The van der Waals surface area contributed by atoms with E-state index in [-0.39, 0.29) is 12.3 Å². The maximum absolute atomic E-state index is 10.5. The Morgan fingerprint density at radius 1 is 1.21 bits per heavy atom. The Kier molecular flexibility index (Phi) is 4.83. The van der Waals surface area contributed by atoms with E-state index in [0.717, 1.165) is 39.3 Å². The van der Waals surface area contributed by atoms with Gasteiger partial charge in [-0.1, -0.05) is 0 Å². The minimum Gasteiger partial charge on any atom is -0.395 e. The van der Waals surface area contributed by atoms with Crippen LogP contribution in [0.4, 0.5) is 5.69 Å². The van der Waals surface area contributed by atoms with Gasteiger partial charge in [0.15, 0.2) is 0 Å². The maximum Gasteiger partial charge on any atom is 0.306 e. The Morgan fingerprint density at radius 2 is 1.84 bits per heavy atom. The van der Waals surface area contributed by atoms with E-state index in [9.17, 15) is 10.1 Å². The highest BCUT2D eigenvalue weighted by molar-refractivity contribution is 5.20. The van der Waals surface area contributed by atoms with Crippen LogP contribution in [0.15, 0.2) is 12.4 Å². The van der Waals surface area contributed by atoms with Gasteiger partial charge in [-0.05, 0) is 0 Å². The van der Waals surface area contributed by atoms with Crippen LogP contribution in [0.1, 0.15) is 0 Å². The van der Waals surface area contributed by atoms with Gasteiger partial charge in [0.05, 0.1) is 18.1 Å². The number of aliphatic hydroxyl groups excluding tert-OH is 1. The van der Waals surface area contributed by atoms with E-state index >= 15 is 0 Å². The monoisotopic (exact) mass is 269 g/mol. The topological polar surface area (TPSA) is 87.7 Å². The van der Waals surface area contributed by atoms with Crippen LogP contribution < -0.4 is 0 Å². The van der Waals surface area contributed by atoms with E-state index in [1.54, 1.807) is 4.68 Å². The molecule has 1 aliphatic rings. The number of piperazine rings is 1. The van der Waals surface area contributed by atoms with Crippen LogP contribution in [0, 0.1) is 10.1 Å². The number of aliphatic hydroxyl groups is 1. The van der Waals surface area contributed by atoms with Crippen LogP contribution in [-0.4, -0.2) is 75.5 Å². The quantitative estimate of drug-likeness (QED) is 0.548. The second-order valence-corrected chi connectivity index (χ2v) is 4.63. The molecule has 1 aliphatic heterocycles. The van der Waals surface area contributed by atoms with Gasteiger partial charge in [-0.3, -0.25) is 24.6 Å². The standard InChI is InChI=1S/C11H19N5O3/c17-8-7-14-3-1-13(2-4-14)5-6-15-10-11(9-12-15)16(18)19/h9-10,17H,1-8H2. The van der Waals surface area contributed by atoms with Crippen molar-refractivity contribution in [1.29, 1.82) is 0 Å². The van der Waals surface area contributed by atoms with E-state index < -0.39 is 4.92 Å². The number of rotatable bonds is 6. The number of hydrogen-bond acceptors (Lipinski definition) is 6. The highest BCUT2D eigenvalue weighted by atomic mass is 16.6. The average Bonchev–Trinajstić information content (AvgIpc) is 2.87. The van der Waals surface area contributed by atoms with Crippen LogP contribution in [0.5, 0.6) is 0 Å². The fraction of sp³-hybridized carbons (Fsp3) is 0.727. The van der Waals surface area contributed by atoms with Crippen LogP contribution in [-0.2, 0) is 6.54 Å². The molecule has 1 N–H and O–H groups in total. The molecule has 0 radical (unpaired) electrons. The molecule has 2 rings (SSSR count). The molecule has 0 aromatic carbocycles. The van der Waals surface area contributed by atoms with Crippen LogP contribution >= 0.6 is 0 Å². The fourth-order valence-corrected chi connectivity index (χ4v) is 2.19. The van der Waals surface area contributed by atoms with Gasteiger partial charge in [0, 0.05) is 39.3 Å². The third-order valence-corrected chi connectivity index (χ3v) is 3.36. The molecule has 106 valence electrons. The molecule has 1 saturated heterocycles. The summed E-state index contributed by atoms with van der Waals surface area (Å²) in [5.74, 6) is 0. The third-order valence-electron chi connectivity index (χ3n) is 3.36. The zero-order chi connectivity index (χ0) is 13.7. The van der Waals surface area contributed by atoms with Gasteiger partial charge in [0.1, 0.15) is 12.4 Å². The molecule has 8 heteroatoms. The Labute approximate surface area is 111 Å². The Hall–Kier alpha value is -1.51. The first-order chi connectivity index (χ1) is 9.19. The van der Waals surface area contributed by atoms with Crippen molar-refractivity contribution in [3.8, 4) is 0 Å². The SMILES string of the molecule is O=[N+]([O-])c1cnn(CCN2CCN(CCO)CC2)c1. The summed E-state index contributed by atoms with van der Waals surface area (Å²) < 4.78 is 1.61. The molecule has 0 spiro atoms. The van der Waals surface area contributed by atoms with Gasteiger partial charge in [-0.2, -0.15) is 5.10 Å². The smallest absolute Gasteiger partial charge is 0.306 e. The number of aromatic nitrogens is 2. The Morgan fingerprint density at radius 3 is 2.37 bits per heavy atom. The molecule has 0 aliphatic carbocycles. The number of nitro groups is 1. The van der Waals surface area contributed by atoms with Crippen molar-refractivity contribution in [2.45, 2.75) is 6.54 Å². The van der Waals surface area contributed by atoms with Crippen LogP contribution in [0.25, 0.3) is 0 Å². The largest absolute Gasteiger partial charge is 0.395 e. The minimum atomic E-state index is -0.433. The lowest BCUT2D eigenvalue weighted by molar-refractivity contribution is -0.385. The maximum atomic E-state index is 10.5. The van der Waals surface area contributed by atoms with Crippen molar-refractivity contribution in [2.75, 3.05) is 45.9 Å². The van der Waals surface area contributed by atoms with E-state index in [0.29, 0.717) is 6.54 Å². The minimum absolute atomic E-state index is 0.0350. The molecule has 0 unspecified atom stereocenters. The van der Waals surface area contributed by atoms with E-state index in [1.165, 1.54) is 12.4 Å². The molecule has 0 saturated carbocycles. The summed E-state index contributed by atoms with van der Waals surface area (Å²) in [5.41, 5.74) is 0.0350. The predicted octanol–water partition coefficient (Wildman–Crippen LogP) is -0.599. The third kappa shape index (κ3) is 3.98. The summed E-state index contributed by atoms with van der Waals surface area (Å²) in [6.07, 6.45) is 2.74. The average molecular weight is 269 g/mol. The van der Waals surface area contributed by atoms with E-state index in [1.807, 2.05) is 0 Å². The lowest BCUT2D eigenvalue weighted by Crippen LogP contribution is -2.47. The van der Waals surface area contributed by atoms with Crippen molar-refractivity contribution in [3.05, 3.63) is 22.5 Å². The van der Waals surface area contributed by atoms with Crippen molar-refractivity contribution >= 4 is 5.69 Å². The molecule has 1 aromatic rings. The molecule has 0 atom stereocenters. The van der Waals surface area contributed by atoms with Gasteiger partial charge in [0.25, 0.3) is 0 Å². The second-order valence-electron chi connectivity index (χ2n) is 4.63. The first-order valence-electron chi connectivity index (χ1n) is 6.41. The molecule has 1 fully saturated rings. The van der Waals surface area contributed by atoms with Crippen molar-refractivity contribution in [2.24, 2.45) is 0 Å². The summed E-state index contributed by atoms with van der Waals surface area (Å²) in [6.45, 7) is 6.28. The van der Waals surface area contributed by atoms with Crippen LogP contribution in [0.2, 0.25) is 0 Å². The van der Waals surface area contributed by atoms with Crippen LogP contribution in [0.3, 0.4) is 0 Å². The van der Waals surface area contributed by atoms with Gasteiger partial charge in [-0.25, -0.2) is 0 Å². The molecular weight excluding hydrogens is 250 g/mol. The molecule has 8 nitrogen and oxygen atoms in total. The number of β-amino-alcohol motifs (C(OH)–C–C–N with tert-alkyl or cyclic N) is 1. The number of hydrogen-bond donors (Lipinski definition) is 1. The zero-order valence-electron chi connectivity index (χ0n) is 10.8. The molecule has 2 heterocycles. The van der Waals surface area contributed by atoms with Crippen molar-refractivity contribution in [1.82, 2.24) is 19.6 Å². The fourth-order valence-electron chi connectivity index (χ4n) is 2.19. The van der Waals surface area contributed by atoms with Crippen molar-refractivity contribution in [3.63, 3.8) is 0 Å². The molecular formula is C11H19N5O3. The summed E-state index contributed by atoms with van der Waals surface area (Å²) in [5, 5.41) is 23.4. The van der Waals surface area contributed by atoms with Gasteiger partial charge in [-0.15, -0.1) is 0 Å². The lowest BCUT2D eigenvalue weighted by Gasteiger charge is -2.34. The predicted molar refractivity (Wildman–Crippen MR) is 68.8 cm³/mol.